The summed E-state index contributed by atoms with van der Waals surface area (Å²) >= 11 is 0. The van der Waals surface area contributed by atoms with Gasteiger partial charge < -0.3 is 110 Å². The summed E-state index contributed by atoms with van der Waals surface area (Å²) in [5, 5.41) is 56.8. The number of nitrogens with zero attached hydrogens (tertiary/aromatic N) is 4. The first kappa shape index (κ1) is 69.6. The van der Waals surface area contributed by atoms with Gasteiger partial charge in [-0.1, -0.05) is 0 Å². The molecule has 0 aliphatic carbocycles. The molecule has 2 aliphatic rings. The van der Waals surface area contributed by atoms with Gasteiger partial charge in [-0.05, 0) is 0 Å². The second-order valence-electron chi connectivity index (χ2n) is 7.05. The van der Waals surface area contributed by atoms with E-state index < -0.39 is 20.3 Å². The molecule has 0 saturated carbocycles. The Hall–Kier alpha value is -3.10. The zero-order valence-electron chi connectivity index (χ0n) is 27.5. The minimum Gasteiger partial charge on any atom is -0.457 e. The van der Waals surface area contributed by atoms with Gasteiger partial charge in [-0.25, -0.2) is 0 Å². The van der Waals surface area contributed by atoms with Gasteiger partial charge in [0, 0.05) is 0 Å². The smallest absolute Gasteiger partial charge is 0.457 e. The third-order valence-electron chi connectivity index (χ3n) is 3.72. The summed E-state index contributed by atoms with van der Waals surface area (Å²) in [6.07, 6.45) is 0. The van der Waals surface area contributed by atoms with E-state index >= 15 is 0 Å². The molecule has 0 aromatic heterocycles. The summed E-state index contributed by atoms with van der Waals surface area (Å²) in [6.45, 7) is 12.2. The zero-order chi connectivity index (χ0) is 35.5. The molecule has 316 valence electrons. The Kier molecular flexibility index (Phi) is 89.2. The van der Waals surface area contributed by atoms with Gasteiger partial charge in [0.25, 0.3) is 10.2 Å². The first-order valence-electron chi connectivity index (χ1n) is 13.0. The standard InChI is InChI=1S/2C10H20O5.2HNO3.2NO3.4H2O.Pd/c2*1-2-12-5-6-14-9-10-15-8-7-13-4-3-11-1;4*2-1(3)4;;;;;/h2*1-10H2;2*(H,2,3,4);;;4*1H2;/q;;;;2*-1;;;;;+2/p+2. The molecule has 2 aliphatic heterocycles. The maximum Gasteiger partial charge on any atom is 2.00 e. The van der Waals surface area contributed by atoms with Gasteiger partial charge in [-0.15, -0.1) is 20.2 Å². The van der Waals surface area contributed by atoms with Crippen LogP contribution in [0.4, 0.5) is 0 Å². The molecule has 2 heterocycles. The van der Waals surface area contributed by atoms with Crippen LogP contribution in [0.5, 0.6) is 0 Å². The minimum atomic E-state index is -1.75. The Morgan fingerprint density at radius 1 is 0.314 bits per heavy atom. The molecule has 31 heteroatoms. The van der Waals surface area contributed by atoms with E-state index in [1.807, 2.05) is 0 Å². The van der Waals surface area contributed by atoms with Gasteiger partial charge >= 0.3 is 20.4 Å². The van der Waals surface area contributed by atoms with Gasteiger partial charge in [0.2, 0.25) is 0 Å². The fourth-order valence-corrected chi connectivity index (χ4v) is 2.20. The van der Waals surface area contributed by atoms with Crippen molar-refractivity contribution in [1.82, 2.24) is 0 Å². The average Bonchev–Trinajstić information content (AvgIpc) is 2.96. The molecule has 0 aromatic rings. The van der Waals surface area contributed by atoms with Crippen molar-refractivity contribution in [2.24, 2.45) is 0 Å². The molecule has 0 radical (unpaired) electrons. The molecule has 30 nitrogen and oxygen atoms in total. The molecular weight excluding hydrogens is 819 g/mol. The Labute approximate surface area is 303 Å². The summed E-state index contributed by atoms with van der Waals surface area (Å²) in [6, 6.07) is 0. The van der Waals surface area contributed by atoms with Crippen molar-refractivity contribution in [2.75, 3.05) is 132 Å². The Morgan fingerprint density at radius 2 is 0.353 bits per heavy atom. The molecule has 0 bridgehead atoms. The van der Waals surface area contributed by atoms with E-state index in [0.29, 0.717) is 132 Å². The third-order valence-corrected chi connectivity index (χ3v) is 3.72. The van der Waals surface area contributed by atoms with E-state index in [4.69, 9.17) is 109 Å². The van der Waals surface area contributed by atoms with Crippen LogP contribution < -0.4 is 0 Å². The van der Waals surface area contributed by atoms with Crippen LogP contribution >= 0.6 is 0 Å². The summed E-state index contributed by atoms with van der Waals surface area (Å²) in [7, 11) is 0. The number of hydrogen-bond donors (Lipinski definition) is 2. The minimum absolute atomic E-state index is 0. The summed E-state index contributed by atoms with van der Waals surface area (Å²) < 4.78 is 52.8. The van der Waals surface area contributed by atoms with Crippen LogP contribution in [0.25, 0.3) is 0 Å². The summed E-state index contributed by atoms with van der Waals surface area (Å²) in [4.78, 5) is 33.2. The van der Waals surface area contributed by atoms with Crippen LogP contribution in [0.15, 0.2) is 0 Å². The molecular formula is C20H52N4O26Pd+2. The average molecular weight is 871 g/mol. The van der Waals surface area contributed by atoms with E-state index in [0.717, 1.165) is 0 Å². The SMILES string of the molecule is C1COCCOCCOCCOCCO1.C1COCCOCCOCCOCCO1.O.O.O=[N+]([O-])O.O=[N+]([O-])O.O=[N+]([O-])[O-].O=[N+]([O-])[O-].[OH3+].[OH3+].[Pd+2]. The van der Waals surface area contributed by atoms with Crippen LogP contribution in [-0.4, -0.2) is 174 Å². The molecule has 2 saturated heterocycles. The fourth-order valence-electron chi connectivity index (χ4n) is 2.20. The first-order chi connectivity index (χ1) is 21.9. The number of hydrogen-bond acceptors (Lipinski definition) is 20. The number of ether oxygens (including phenoxy) is 10. The predicted octanol–water partition coefficient (Wildman–Crippen LogP) is -4.50. The second-order valence-corrected chi connectivity index (χ2v) is 7.05. The Bertz CT molecular complexity index is 467. The van der Waals surface area contributed by atoms with Crippen LogP contribution in [0.2, 0.25) is 0 Å². The van der Waals surface area contributed by atoms with Crippen molar-refractivity contribution in [1.29, 1.82) is 0 Å². The zero-order valence-corrected chi connectivity index (χ0v) is 29.0. The topological polar surface area (TPSA) is 480 Å². The maximum atomic E-state index is 8.36. The van der Waals surface area contributed by atoms with Gasteiger partial charge in [-0.3, -0.25) is 0 Å². The van der Waals surface area contributed by atoms with Crippen molar-refractivity contribution in [3.05, 3.63) is 50.9 Å². The third kappa shape index (κ3) is 131. The second kappa shape index (κ2) is 65.3. The van der Waals surface area contributed by atoms with E-state index in [1.165, 1.54) is 0 Å². The number of rotatable bonds is 0. The monoisotopic (exact) mass is 870 g/mol. The van der Waals surface area contributed by atoms with Gasteiger partial charge in [0.1, 0.15) is 0 Å². The quantitative estimate of drug-likeness (QED) is 0.100. The van der Waals surface area contributed by atoms with E-state index in [9.17, 15) is 0 Å². The van der Waals surface area contributed by atoms with Crippen molar-refractivity contribution in [3.8, 4) is 0 Å². The molecule has 2 rings (SSSR count). The van der Waals surface area contributed by atoms with Gasteiger partial charge in [0.05, 0.1) is 142 Å². The molecule has 51 heavy (non-hydrogen) atoms. The maximum absolute atomic E-state index is 8.36. The molecule has 0 atom stereocenters. The van der Waals surface area contributed by atoms with Crippen LogP contribution in [-0.2, 0) is 78.7 Å². The van der Waals surface area contributed by atoms with E-state index in [-0.39, 0.29) is 42.3 Å². The summed E-state index contributed by atoms with van der Waals surface area (Å²) in [5.41, 5.74) is 0. The van der Waals surface area contributed by atoms with Crippen molar-refractivity contribution < 1.29 is 120 Å². The summed E-state index contributed by atoms with van der Waals surface area (Å²) in [5.74, 6) is 0. The van der Waals surface area contributed by atoms with Crippen LogP contribution in [0, 0.1) is 50.9 Å². The fraction of sp³-hybridized carbons (Fsp3) is 1.00. The van der Waals surface area contributed by atoms with Crippen molar-refractivity contribution in [2.45, 2.75) is 0 Å². The van der Waals surface area contributed by atoms with Crippen molar-refractivity contribution >= 4 is 0 Å². The largest absolute Gasteiger partial charge is 2.00 e. The van der Waals surface area contributed by atoms with E-state index in [1.54, 1.807) is 0 Å². The molecule has 0 spiro atoms. The van der Waals surface area contributed by atoms with Gasteiger partial charge in [-0.2, -0.15) is 0 Å². The Balaban J connectivity index is -0.0000000653. The molecule has 0 aromatic carbocycles. The predicted molar refractivity (Wildman–Crippen MR) is 163 cm³/mol. The van der Waals surface area contributed by atoms with Crippen molar-refractivity contribution in [3.63, 3.8) is 0 Å². The normalized spacial score (nSPS) is 16.0. The van der Waals surface area contributed by atoms with Crippen LogP contribution in [0.3, 0.4) is 0 Å². The molecule has 2 fully saturated rings. The van der Waals surface area contributed by atoms with Gasteiger partial charge in [0.15, 0.2) is 0 Å². The molecule has 12 N–H and O–H groups in total. The molecule has 0 unspecified atom stereocenters. The van der Waals surface area contributed by atoms with E-state index in [2.05, 4.69) is 0 Å². The first-order valence-corrected chi connectivity index (χ1v) is 13.0. The molecule has 0 amide bonds. The van der Waals surface area contributed by atoms with Crippen LogP contribution in [0.1, 0.15) is 0 Å². The Morgan fingerprint density at radius 3 is 0.392 bits per heavy atom.